The van der Waals surface area contributed by atoms with Crippen LogP contribution in [0.4, 0.5) is 0 Å². The zero-order valence-corrected chi connectivity index (χ0v) is 8.52. The van der Waals surface area contributed by atoms with Crippen molar-refractivity contribution in [2.75, 3.05) is 0 Å². The Balaban J connectivity index is 2.69. The molecule has 1 atom stereocenters. The first-order chi connectivity index (χ1) is 7.00. The van der Waals surface area contributed by atoms with Gasteiger partial charge in [0.15, 0.2) is 10.8 Å². The molecule has 0 radical (unpaired) electrons. The largest absolute Gasteiger partial charge is 0.480 e. The SMILES string of the molecule is CC(NC(=O)c1ccc(Cl)nn1)C(=O)O. The maximum atomic E-state index is 11.4. The Morgan fingerprint density at radius 1 is 1.47 bits per heavy atom. The molecule has 7 heteroatoms. The van der Waals surface area contributed by atoms with Crippen LogP contribution >= 0.6 is 11.6 Å². The number of carboxylic acids is 1. The molecule has 0 aliphatic carbocycles. The molecule has 0 saturated heterocycles. The molecule has 1 aromatic rings. The van der Waals surface area contributed by atoms with Gasteiger partial charge in [0.25, 0.3) is 5.91 Å². The lowest BCUT2D eigenvalue weighted by atomic mass is 10.3. The molecule has 1 amide bonds. The summed E-state index contributed by atoms with van der Waals surface area (Å²) in [6.45, 7) is 1.35. The summed E-state index contributed by atoms with van der Waals surface area (Å²) in [5.74, 6) is -1.72. The second-order valence-electron chi connectivity index (χ2n) is 2.77. The van der Waals surface area contributed by atoms with Gasteiger partial charge in [-0.3, -0.25) is 9.59 Å². The number of nitrogens with zero attached hydrogens (tertiary/aromatic N) is 2. The lowest BCUT2D eigenvalue weighted by Crippen LogP contribution is -2.38. The Hall–Kier alpha value is -1.69. The van der Waals surface area contributed by atoms with Crippen LogP contribution in [0, 0.1) is 0 Å². The summed E-state index contributed by atoms with van der Waals surface area (Å²) in [7, 11) is 0. The van der Waals surface area contributed by atoms with Gasteiger partial charge in [-0.15, -0.1) is 10.2 Å². The Morgan fingerprint density at radius 3 is 2.60 bits per heavy atom. The van der Waals surface area contributed by atoms with Gasteiger partial charge in [0.2, 0.25) is 0 Å². The topological polar surface area (TPSA) is 92.2 Å². The standard InChI is InChI=1S/C8H8ClN3O3/c1-4(8(14)15)10-7(13)5-2-3-6(9)12-11-5/h2-4H,1H3,(H,10,13)(H,14,15). The third-order valence-corrected chi connectivity index (χ3v) is 1.78. The molecule has 2 N–H and O–H groups in total. The zero-order chi connectivity index (χ0) is 11.4. The summed E-state index contributed by atoms with van der Waals surface area (Å²) >= 11 is 5.47. The number of carbonyl (C=O) groups excluding carboxylic acids is 1. The van der Waals surface area contributed by atoms with E-state index in [4.69, 9.17) is 16.7 Å². The second kappa shape index (κ2) is 4.70. The smallest absolute Gasteiger partial charge is 0.325 e. The van der Waals surface area contributed by atoms with Gasteiger partial charge in [0, 0.05) is 0 Å². The fraction of sp³-hybridized carbons (Fsp3) is 0.250. The van der Waals surface area contributed by atoms with Crippen LogP contribution < -0.4 is 5.32 Å². The lowest BCUT2D eigenvalue weighted by molar-refractivity contribution is -0.138. The predicted molar refractivity (Wildman–Crippen MR) is 51.6 cm³/mol. The molecule has 1 aromatic heterocycles. The zero-order valence-electron chi connectivity index (χ0n) is 7.77. The van der Waals surface area contributed by atoms with Gasteiger partial charge in [-0.05, 0) is 19.1 Å². The Bertz CT molecular complexity index is 379. The molecule has 0 saturated carbocycles. The van der Waals surface area contributed by atoms with Crippen molar-refractivity contribution >= 4 is 23.5 Å². The second-order valence-corrected chi connectivity index (χ2v) is 3.16. The van der Waals surface area contributed by atoms with Gasteiger partial charge in [-0.2, -0.15) is 0 Å². The van der Waals surface area contributed by atoms with Crippen molar-refractivity contribution in [3.63, 3.8) is 0 Å². The molecule has 1 rings (SSSR count). The molecule has 0 spiro atoms. The molecule has 0 aliphatic heterocycles. The summed E-state index contributed by atoms with van der Waals surface area (Å²) in [5.41, 5.74) is 0.0208. The first-order valence-corrected chi connectivity index (χ1v) is 4.41. The van der Waals surface area contributed by atoms with Crippen LogP contribution in [0.5, 0.6) is 0 Å². The van der Waals surface area contributed by atoms with Crippen molar-refractivity contribution < 1.29 is 14.7 Å². The van der Waals surface area contributed by atoms with Crippen LogP contribution in [0.1, 0.15) is 17.4 Å². The molecule has 1 unspecified atom stereocenters. The number of aromatic nitrogens is 2. The van der Waals surface area contributed by atoms with E-state index in [1.54, 1.807) is 0 Å². The molecule has 0 fully saturated rings. The number of carboxylic acid groups (broad SMARTS) is 1. The number of hydrogen-bond acceptors (Lipinski definition) is 4. The summed E-state index contributed by atoms with van der Waals surface area (Å²) in [6, 6.07) is 1.78. The molecule has 15 heavy (non-hydrogen) atoms. The van der Waals surface area contributed by atoms with E-state index in [0.717, 1.165) is 0 Å². The van der Waals surface area contributed by atoms with Crippen LogP contribution in [-0.4, -0.2) is 33.2 Å². The maximum absolute atomic E-state index is 11.4. The van der Waals surface area contributed by atoms with Gasteiger partial charge in [-0.25, -0.2) is 0 Å². The summed E-state index contributed by atoms with van der Waals surface area (Å²) in [4.78, 5) is 21.8. The molecule has 0 aromatic carbocycles. The number of nitrogens with one attached hydrogen (secondary N) is 1. The van der Waals surface area contributed by atoms with Gasteiger partial charge in [0.1, 0.15) is 6.04 Å². The molecule has 6 nitrogen and oxygen atoms in total. The van der Waals surface area contributed by atoms with E-state index in [2.05, 4.69) is 15.5 Å². The third kappa shape index (κ3) is 3.17. The van der Waals surface area contributed by atoms with Gasteiger partial charge < -0.3 is 10.4 Å². The van der Waals surface area contributed by atoms with E-state index in [0.29, 0.717) is 0 Å². The average Bonchev–Trinajstić information content (AvgIpc) is 2.18. The molecule has 80 valence electrons. The van der Waals surface area contributed by atoms with Crippen LogP contribution in [0.3, 0.4) is 0 Å². The minimum absolute atomic E-state index is 0.0208. The number of carbonyl (C=O) groups is 2. The summed E-state index contributed by atoms with van der Waals surface area (Å²) in [5, 5.41) is 17.9. The van der Waals surface area contributed by atoms with Crippen LogP contribution in [0.2, 0.25) is 5.15 Å². The molecule has 1 heterocycles. The molecule has 0 bridgehead atoms. The number of hydrogen-bond donors (Lipinski definition) is 2. The van der Waals surface area contributed by atoms with Crippen molar-refractivity contribution in [2.24, 2.45) is 0 Å². The van der Waals surface area contributed by atoms with Gasteiger partial charge in [0.05, 0.1) is 0 Å². The monoisotopic (exact) mass is 229 g/mol. The van der Waals surface area contributed by atoms with Crippen LogP contribution in [-0.2, 0) is 4.79 Å². The normalized spacial score (nSPS) is 11.9. The van der Waals surface area contributed by atoms with E-state index in [1.807, 2.05) is 0 Å². The number of halogens is 1. The van der Waals surface area contributed by atoms with Gasteiger partial charge >= 0.3 is 5.97 Å². The highest BCUT2D eigenvalue weighted by Crippen LogP contribution is 2.02. The predicted octanol–water partition coefficient (Wildman–Crippen LogP) is 0.333. The summed E-state index contributed by atoms with van der Waals surface area (Å²) in [6.07, 6.45) is 0. The van der Waals surface area contributed by atoms with E-state index in [1.165, 1.54) is 19.1 Å². The fourth-order valence-corrected chi connectivity index (χ4v) is 0.870. The van der Waals surface area contributed by atoms with E-state index in [-0.39, 0.29) is 10.8 Å². The Kier molecular flexibility index (Phi) is 3.56. The Morgan fingerprint density at radius 2 is 2.13 bits per heavy atom. The van der Waals surface area contributed by atoms with E-state index in [9.17, 15) is 9.59 Å². The quantitative estimate of drug-likeness (QED) is 0.779. The highest BCUT2D eigenvalue weighted by Gasteiger charge is 2.16. The molecular weight excluding hydrogens is 222 g/mol. The highest BCUT2D eigenvalue weighted by molar-refractivity contribution is 6.29. The van der Waals surface area contributed by atoms with Gasteiger partial charge in [-0.1, -0.05) is 11.6 Å². The highest BCUT2D eigenvalue weighted by atomic mass is 35.5. The minimum atomic E-state index is -1.12. The maximum Gasteiger partial charge on any atom is 0.325 e. The lowest BCUT2D eigenvalue weighted by Gasteiger charge is -2.07. The molecular formula is C8H8ClN3O3. The molecule has 0 aliphatic rings. The van der Waals surface area contributed by atoms with Crippen molar-refractivity contribution in [1.29, 1.82) is 0 Å². The average molecular weight is 230 g/mol. The van der Waals surface area contributed by atoms with Crippen LogP contribution in [0.15, 0.2) is 12.1 Å². The van der Waals surface area contributed by atoms with E-state index < -0.39 is 17.9 Å². The van der Waals surface area contributed by atoms with E-state index >= 15 is 0 Å². The van der Waals surface area contributed by atoms with Crippen molar-refractivity contribution in [3.05, 3.63) is 23.0 Å². The first-order valence-electron chi connectivity index (χ1n) is 4.03. The number of aliphatic carboxylic acids is 1. The summed E-state index contributed by atoms with van der Waals surface area (Å²) < 4.78 is 0. The van der Waals surface area contributed by atoms with Crippen molar-refractivity contribution in [1.82, 2.24) is 15.5 Å². The Labute approximate surface area is 90.3 Å². The number of rotatable bonds is 3. The van der Waals surface area contributed by atoms with Crippen molar-refractivity contribution in [3.8, 4) is 0 Å². The third-order valence-electron chi connectivity index (χ3n) is 1.58. The fourth-order valence-electron chi connectivity index (χ4n) is 0.769. The number of amides is 1. The van der Waals surface area contributed by atoms with Crippen LogP contribution in [0.25, 0.3) is 0 Å². The first kappa shape index (κ1) is 11.4. The minimum Gasteiger partial charge on any atom is -0.480 e. The van der Waals surface area contributed by atoms with Crippen molar-refractivity contribution in [2.45, 2.75) is 13.0 Å².